The highest BCUT2D eigenvalue weighted by Gasteiger charge is 2.30. The summed E-state index contributed by atoms with van der Waals surface area (Å²) in [6.45, 7) is 11.7. The number of carbonyl (C=O) groups is 4. The van der Waals surface area contributed by atoms with Crippen molar-refractivity contribution < 1.29 is 80.2 Å². The normalized spacial score (nSPS) is 14.3. The number of aliphatic hydroxyl groups excluding tert-OH is 1. The average Bonchev–Trinajstić information content (AvgIpc) is 3.44. The van der Waals surface area contributed by atoms with Gasteiger partial charge in [0.05, 0.1) is 26.4 Å². The molecule has 0 rings (SSSR count). The number of rotatable bonds is 63. The van der Waals surface area contributed by atoms with Crippen LogP contribution in [0.4, 0.5) is 0 Å². The maximum Gasteiger partial charge on any atom is 0.472 e. The maximum absolute atomic E-state index is 13.0. The van der Waals surface area contributed by atoms with Crippen molar-refractivity contribution in [3.05, 3.63) is 0 Å². The van der Waals surface area contributed by atoms with Crippen molar-refractivity contribution in [2.24, 2.45) is 17.8 Å². The number of ether oxygens (including phenoxy) is 4. The molecule has 0 heterocycles. The molecule has 0 aliphatic heterocycles. The van der Waals surface area contributed by atoms with E-state index in [1.165, 1.54) is 122 Å². The second-order valence-corrected chi connectivity index (χ2v) is 27.8. The van der Waals surface area contributed by atoms with Gasteiger partial charge in [-0.05, 0) is 43.4 Å². The zero-order valence-corrected chi connectivity index (χ0v) is 56.1. The molecule has 0 spiro atoms. The van der Waals surface area contributed by atoms with Crippen LogP contribution in [0, 0.1) is 17.8 Å². The standard InChI is InChI=1S/C65H126O17P2/c1-8-9-10-29-39-46-62(67)75-52-60(81-65(70)49-42-35-28-22-21-25-32-38-45-58(6)7)54-79-83(71,72)77-50-59(66)51-78-84(73,74)80-55-61(53-76-63(68)47-40-33-26-20-16-18-24-31-37-44-57(4)5)82-64(69)48-41-34-27-19-15-13-11-12-14-17-23-30-36-43-56(2)3/h56-61,66H,8-55H2,1-7H3,(H,71,72)(H,73,74)/t59-,60+,61+/m0/s1. The first-order chi connectivity index (χ1) is 40.2. The van der Waals surface area contributed by atoms with Gasteiger partial charge in [-0.25, -0.2) is 9.13 Å². The molecule has 0 aromatic heterocycles. The van der Waals surface area contributed by atoms with Gasteiger partial charge in [-0.3, -0.25) is 37.3 Å². The molecule has 3 N–H and O–H groups in total. The minimum atomic E-state index is -4.95. The van der Waals surface area contributed by atoms with Gasteiger partial charge in [0.2, 0.25) is 0 Å². The van der Waals surface area contributed by atoms with Gasteiger partial charge in [-0.1, -0.05) is 267 Å². The molecular formula is C65H126O17P2. The molecule has 0 aliphatic rings. The van der Waals surface area contributed by atoms with Crippen molar-refractivity contribution in [2.45, 2.75) is 336 Å². The second kappa shape index (κ2) is 56.3. The summed E-state index contributed by atoms with van der Waals surface area (Å²) in [5.74, 6) is 0.103. The van der Waals surface area contributed by atoms with Crippen molar-refractivity contribution in [3.8, 4) is 0 Å². The number of hydrogen-bond acceptors (Lipinski definition) is 15. The fourth-order valence-corrected chi connectivity index (χ4v) is 11.2. The van der Waals surface area contributed by atoms with Crippen LogP contribution >= 0.6 is 15.6 Å². The zero-order valence-electron chi connectivity index (χ0n) is 54.4. The van der Waals surface area contributed by atoms with E-state index in [0.29, 0.717) is 25.7 Å². The molecular weight excluding hydrogens is 1110 g/mol. The highest BCUT2D eigenvalue weighted by Crippen LogP contribution is 2.45. The Kier molecular flexibility index (Phi) is 55.0. The Bertz CT molecular complexity index is 1660. The number of phosphoric ester groups is 2. The highest BCUT2D eigenvalue weighted by molar-refractivity contribution is 7.47. The van der Waals surface area contributed by atoms with Crippen molar-refractivity contribution in [2.75, 3.05) is 39.6 Å². The average molecular weight is 1240 g/mol. The van der Waals surface area contributed by atoms with Gasteiger partial charge in [-0.15, -0.1) is 0 Å². The van der Waals surface area contributed by atoms with Gasteiger partial charge in [-0.2, -0.15) is 0 Å². The molecule has 17 nitrogen and oxygen atoms in total. The minimum Gasteiger partial charge on any atom is -0.462 e. The van der Waals surface area contributed by atoms with E-state index >= 15 is 0 Å². The summed E-state index contributed by atoms with van der Waals surface area (Å²) in [6.07, 6.45) is 38.0. The largest absolute Gasteiger partial charge is 0.472 e. The van der Waals surface area contributed by atoms with E-state index in [1.54, 1.807) is 0 Å². The monoisotopic (exact) mass is 1240 g/mol. The fourth-order valence-electron chi connectivity index (χ4n) is 9.66. The van der Waals surface area contributed by atoms with Gasteiger partial charge < -0.3 is 33.8 Å². The lowest BCUT2D eigenvalue weighted by Gasteiger charge is -2.21. The molecule has 0 aromatic rings. The number of esters is 4. The van der Waals surface area contributed by atoms with Crippen LogP contribution in [-0.4, -0.2) is 96.7 Å². The number of hydrogen-bond donors (Lipinski definition) is 3. The summed E-state index contributed by atoms with van der Waals surface area (Å²) in [7, 11) is -9.88. The van der Waals surface area contributed by atoms with Crippen LogP contribution in [0.3, 0.4) is 0 Å². The molecule has 84 heavy (non-hydrogen) atoms. The van der Waals surface area contributed by atoms with Gasteiger partial charge >= 0.3 is 39.5 Å². The Morgan fingerprint density at radius 2 is 0.548 bits per heavy atom. The first-order valence-corrected chi connectivity index (χ1v) is 36.8. The Morgan fingerprint density at radius 3 is 0.810 bits per heavy atom. The summed E-state index contributed by atoms with van der Waals surface area (Å²) < 4.78 is 67.9. The van der Waals surface area contributed by atoms with Crippen LogP contribution in [0.2, 0.25) is 0 Å². The predicted octanol–water partition coefficient (Wildman–Crippen LogP) is 17.9. The second-order valence-electron chi connectivity index (χ2n) is 24.9. The lowest BCUT2D eigenvalue weighted by atomic mass is 10.0. The molecule has 19 heteroatoms. The Morgan fingerprint density at radius 1 is 0.321 bits per heavy atom. The van der Waals surface area contributed by atoms with Crippen molar-refractivity contribution in [3.63, 3.8) is 0 Å². The number of unbranched alkanes of at least 4 members (excludes halogenated alkanes) is 31. The maximum atomic E-state index is 13.0. The molecule has 0 saturated heterocycles. The highest BCUT2D eigenvalue weighted by atomic mass is 31.2. The molecule has 0 radical (unpaired) electrons. The van der Waals surface area contributed by atoms with Gasteiger partial charge in [0.1, 0.15) is 19.3 Å². The fraction of sp³-hybridized carbons (Fsp3) is 0.938. The van der Waals surface area contributed by atoms with E-state index < -0.39 is 97.5 Å². The Balaban J connectivity index is 5.17. The molecule has 0 aromatic carbocycles. The summed E-state index contributed by atoms with van der Waals surface area (Å²) >= 11 is 0. The third-order valence-corrected chi connectivity index (χ3v) is 16.8. The van der Waals surface area contributed by atoms with Crippen LogP contribution in [0.1, 0.15) is 318 Å². The predicted molar refractivity (Wildman–Crippen MR) is 335 cm³/mol. The van der Waals surface area contributed by atoms with Gasteiger partial charge in [0.15, 0.2) is 12.2 Å². The number of aliphatic hydroxyl groups is 1. The lowest BCUT2D eigenvalue weighted by Crippen LogP contribution is -2.30. The molecule has 0 aliphatic carbocycles. The van der Waals surface area contributed by atoms with Crippen molar-refractivity contribution in [1.82, 2.24) is 0 Å². The minimum absolute atomic E-state index is 0.103. The molecule has 0 saturated carbocycles. The van der Waals surface area contributed by atoms with Crippen LogP contribution < -0.4 is 0 Å². The Labute approximate surface area is 511 Å². The summed E-state index contributed by atoms with van der Waals surface area (Å²) in [6, 6.07) is 0. The Hall–Kier alpha value is -1.94. The van der Waals surface area contributed by atoms with E-state index in [-0.39, 0.29) is 25.7 Å². The zero-order chi connectivity index (χ0) is 62.4. The smallest absolute Gasteiger partial charge is 0.462 e. The quantitative estimate of drug-likeness (QED) is 0.0222. The molecule has 498 valence electrons. The number of carbonyl (C=O) groups excluding carboxylic acids is 4. The van der Waals surface area contributed by atoms with Crippen molar-refractivity contribution >= 4 is 39.5 Å². The molecule has 0 bridgehead atoms. The molecule has 0 fully saturated rings. The van der Waals surface area contributed by atoms with Crippen LogP contribution in [0.25, 0.3) is 0 Å². The van der Waals surface area contributed by atoms with Gasteiger partial charge in [0, 0.05) is 25.7 Å². The summed E-state index contributed by atoms with van der Waals surface area (Å²) in [5.41, 5.74) is 0. The van der Waals surface area contributed by atoms with Crippen LogP contribution in [0.5, 0.6) is 0 Å². The first-order valence-electron chi connectivity index (χ1n) is 33.8. The van der Waals surface area contributed by atoms with E-state index in [2.05, 4.69) is 48.5 Å². The van der Waals surface area contributed by atoms with E-state index in [9.17, 15) is 43.2 Å². The van der Waals surface area contributed by atoms with E-state index in [1.807, 2.05) is 0 Å². The van der Waals surface area contributed by atoms with Crippen LogP contribution in [-0.2, 0) is 65.4 Å². The summed E-state index contributed by atoms with van der Waals surface area (Å²) in [5, 5.41) is 10.5. The van der Waals surface area contributed by atoms with Gasteiger partial charge in [0.25, 0.3) is 0 Å². The third-order valence-electron chi connectivity index (χ3n) is 14.9. The van der Waals surface area contributed by atoms with E-state index in [4.69, 9.17) is 37.0 Å². The topological polar surface area (TPSA) is 237 Å². The van der Waals surface area contributed by atoms with Crippen LogP contribution in [0.15, 0.2) is 0 Å². The summed E-state index contributed by atoms with van der Waals surface area (Å²) in [4.78, 5) is 72.0. The first kappa shape index (κ1) is 82.1. The molecule has 0 amide bonds. The third kappa shape index (κ3) is 59.0. The molecule has 5 atom stereocenters. The number of phosphoric acid groups is 2. The van der Waals surface area contributed by atoms with Crippen molar-refractivity contribution in [1.29, 1.82) is 0 Å². The molecule has 2 unspecified atom stereocenters. The van der Waals surface area contributed by atoms with E-state index in [0.717, 1.165) is 114 Å². The SMILES string of the molecule is CCCCCCCC(=O)OC[C@H](COP(=O)(O)OC[C@H](O)COP(=O)(O)OC[C@@H](COC(=O)CCCCCCCCCCCC(C)C)OC(=O)CCCCCCCCCCCCCCCC(C)C)OC(=O)CCCCCCCCCCC(C)C. The lowest BCUT2D eigenvalue weighted by molar-refractivity contribution is -0.161.